The molecule has 27 heavy (non-hydrogen) atoms. The van der Waals surface area contributed by atoms with Crippen LogP contribution in [0.25, 0.3) is 0 Å². The smallest absolute Gasteiger partial charge is 0.313 e. The Bertz CT molecular complexity index is 806. The van der Waals surface area contributed by atoms with Gasteiger partial charge in [-0.05, 0) is 23.8 Å². The molecule has 1 heterocycles. The number of benzene rings is 1. The van der Waals surface area contributed by atoms with Crippen LogP contribution in [0.15, 0.2) is 28.4 Å². The van der Waals surface area contributed by atoms with Gasteiger partial charge < -0.3 is 19.9 Å². The first-order chi connectivity index (χ1) is 12.8. The lowest BCUT2D eigenvalue weighted by Crippen LogP contribution is -2.26. The fourth-order valence-electron chi connectivity index (χ4n) is 1.97. The van der Waals surface area contributed by atoms with Crippen LogP contribution < -0.4 is 14.8 Å². The zero-order chi connectivity index (χ0) is 20.0. The fraction of sp³-hybridized carbons (Fsp3) is 0.353. The average molecular weight is 393 g/mol. The molecule has 1 fully saturated rings. The highest BCUT2D eigenvalue weighted by Crippen LogP contribution is 2.28. The van der Waals surface area contributed by atoms with Crippen molar-refractivity contribution in [2.45, 2.75) is 25.5 Å². The number of carboxylic acid groups (broad SMARTS) is 1. The number of aliphatic carboxylic acids is 1. The molecule has 1 aromatic carbocycles. The first kappa shape index (κ1) is 20.4. The van der Waals surface area contributed by atoms with E-state index in [2.05, 4.69) is 15.5 Å². The van der Waals surface area contributed by atoms with Gasteiger partial charge in [0.25, 0.3) is 0 Å². The van der Waals surface area contributed by atoms with E-state index in [9.17, 15) is 14.4 Å². The van der Waals surface area contributed by atoms with E-state index in [-0.39, 0.29) is 23.5 Å². The number of carbonyl (C=O) groups is 3. The lowest BCUT2D eigenvalue weighted by Gasteiger charge is -2.11. The van der Waals surface area contributed by atoms with Crippen LogP contribution in [0.3, 0.4) is 0 Å². The molecule has 0 spiro atoms. The highest BCUT2D eigenvalue weighted by molar-refractivity contribution is 8.15. The van der Waals surface area contributed by atoms with Gasteiger partial charge in [0.05, 0.1) is 25.7 Å². The van der Waals surface area contributed by atoms with Crippen molar-refractivity contribution in [3.8, 4) is 11.5 Å². The molecule has 144 valence electrons. The SMILES string of the molecule is COc1cc(C=NN=C2NC(=O)C(CC(=O)O)S2)ccc1OC(=O)C(C)C. The minimum absolute atomic E-state index is 0.233. The van der Waals surface area contributed by atoms with Gasteiger partial charge in [-0.15, -0.1) is 5.10 Å². The summed E-state index contributed by atoms with van der Waals surface area (Å²) in [5, 5.41) is 18.5. The molecule has 1 aromatic rings. The van der Waals surface area contributed by atoms with Crippen molar-refractivity contribution in [2.24, 2.45) is 16.1 Å². The van der Waals surface area contributed by atoms with E-state index >= 15 is 0 Å². The lowest BCUT2D eigenvalue weighted by atomic mass is 10.2. The topological polar surface area (TPSA) is 127 Å². The van der Waals surface area contributed by atoms with Crippen molar-refractivity contribution in [3.05, 3.63) is 23.8 Å². The minimum atomic E-state index is -1.06. The van der Waals surface area contributed by atoms with Gasteiger partial charge in [-0.3, -0.25) is 14.4 Å². The molecule has 0 bridgehead atoms. The molecule has 2 N–H and O–H groups in total. The van der Waals surface area contributed by atoms with Gasteiger partial charge in [-0.2, -0.15) is 5.10 Å². The number of methoxy groups -OCH3 is 1. The van der Waals surface area contributed by atoms with Crippen molar-refractivity contribution in [1.29, 1.82) is 0 Å². The number of esters is 1. The van der Waals surface area contributed by atoms with Gasteiger partial charge in [0.2, 0.25) is 5.91 Å². The Labute approximate surface area is 159 Å². The predicted octanol–water partition coefficient (Wildman–Crippen LogP) is 1.65. The number of rotatable bonds is 7. The molecular formula is C17H19N3O6S. The van der Waals surface area contributed by atoms with Gasteiger partial charge in [-0.1, -0.05) is 25.6 Å². The maximum atomic E-state index is 11.7. The van der Waals surface area contributed by atoms with Gasteiger partial charge in [0.15, 0.2) is 16.7 Å². The molecule has 1 amide bonds. The first-order valence-electron chi connectivity index (χ1n) is 8.00. The van der Waals surface area contributed by atoms with Crippen molar-refractivity contribution in [1.82, 2.24) is 5.32 Å². The zero-order valence-electron chi connectivity index (χ0n) is 15.0. The van der Waals surface area contributed by atoms with Crippen molar-refractivity contribution >= 4 is 41.0 Å². The molecule has 0 aromatic heterocycles. The first-order valence-corrected chi connectivity index (χ1v) is 8.88. The summed E-state index contributed by atoms with van der Waals surface area (Å²) >= 11 is 1.01. The third-order valence-electron chi connectivity index (χ3n) is 3.36. The largest absolute Gasteiger partial charge is 0.493 e. The number of thioether (sulfide) groups is 1. The second kappa shape index (κ2) is 9.17. The predicted molar refractivity (Wildman–Crippen MR) is 100 cm³/mol. The Balaban J connectivity index is 2.06. The number of nitrogens with zero attached hydrogens (tertiary/aromatic N) is 2. The second-order valence-corrected chi connectivity index (χ2v) is 7.02. The number of carbonyl (C=O) groups excluding carboxylic acids is 2. The maximum Gasteiger partial charge on any atom is 0.313 e. The zero-order valence-corrected chi connectivity index (χ0v) is 15.8. The van der Waals surface area contributed by atoms with Crippen LogP contribution in [-0.2, 0) is 14.4 Å². The van der Waals surface area contributed by atoms with Crippen LogP contribution in [0, 0.1) is 5.92 Å². The molecule has 9 nitrogen and oxygen atoms in total. The molecule has 1 atom stereocenters. The average Bonchev–Trinajstić information content (AvgIpc) is 2.94. The van der Waals surface area contributed by atoms with Crippen molar-refractivity contribution in [2.75, 3.05) is 7.11 Å². The summed E-state index contributed by atoms with van der Waals surface area (Å²) in [6.07, 6.45) is 1.15. The summed E-state index contributed by atoms with van der Waals surface area (Å²) in [5.41, 5.74) is 0.636. The second-order valence-electron chi connectivity index (χ2n) is 5.83. The Morgan fingerprint density at radius 1 is 1.37 bits per heavy atom. The van der Waals surface area contributed by atoms with Crippen LogP contribution in [0.4, 0.5) is 0 Å². The number of ether oxygens (including phenoxy) is 2. The summed E-state index contributed by atoms with van der Waals surface area (Å²) in [6, 6.07) is 4.88. The van der Waals surface area contributed by atoms with Crippen molar-refractivity contribution < 1.29 is 29.0 Å². The molecular weight excluding hydrogens is 374 g/mol. The Morgan fingerprint density at radius 2 is 2.11 bits per heavy atom. The summed E-state index contributed by atoms with van der Waals surface area (Å²) in [5.74, 6) is -1.44. The number of amides is 1. The summed E-state index contributed by atoms with van der Waals surface area (Å²) < 4.78 is 10.5. The van der Waals surface area contributed by atoms with Gasteiger partial charge in [0, 0.05) is 0 Å². The molecule has 1 aliphatic heterocycles. The van der Waals surface area contributed by atoms with Gasteiger partial charge in [0.1, 0.15) is 5.25 Å². The third kappa shape index (κ3) is 5.81. The van der Waals surface area contributed by atoms with E-state index < -0.39 is 17.1 Å². The van der Waals surface area contributed by atoms with Crippen LogP contribution >= 0.6 is 11.8 Å². The number of carboxylic acids is 1. The number of hydrogen-bond acceptors (Lipinski definition) is 8. The molecule has 1 saturated heterocycles. The third-order valence-corrected chi connectivity index (χ3v) is 4.43. The van der Waals surface area contributed by atoms with E-state index in [0.29, 0.717) is 17.1 Å². The molecule has 0 radical (unpaired) electrons. The summed E-state index contributed by atoms with van der Waals surface area (Å²) in [4.78, 5) is 34.0. The summed E-state index contributed by atoms with van der Waals surface area (Å²) in [7, 11) is 1.45. The Morgan fingerprint density at radius 3 is 2.74 bits per heavy atom. The highest BCUT2D eigenvalue weighted by atomic mass is 32.2. The van der Waals surface area contributed by atoms with Crippen LogP contribution in [0.5, 0.6) is 11.5 Å². The standard InChI is InChI=1S/C17H19N3O6S/c1-9(2)16(24)26-11-5-4-10(6-12(11)25-3)8-18-20-17-19-15(23)13(27-17)7-14(21)22/h4-6,8-9,13H,7H2,1-3H3,(H,21,22)(H,19,20,23). The van der Waals surface area contributed by atoms with Crippen LogP contribution in [0.2, 0.25) is 0 Å². The molecule has 2 rings (SSSR count). The lowest BCUT2D eigenvalue weighted by molar-refractivity contribution is -0.138. The minimum Gasteiger partial charge on any atom is -0.493 e. The maximum absolute atomic E-state index is 11.7. The van der Waals surface area contributed by atoms with Gasteiger partial charge >= 0.3 is 11.9 Å². The molecule has 0 aliphatic carbocycles. The molecule has 1 unspecified atom stereocenters. The number of hydrogen-bond donors (Lipinski definition) is 2. The highest BCUT2D eigenvalue weighted by Gasteiger charge is 2.32. The van der Waals surface area contributed by atoms with E-state index in [0.717, 1.165) is 11.8 Å². The number of amidine groups is 1. The van der Waals surface area contributed by atoms with E-state index in [4.69, 9.17) is 14.6 Å². The number of nitrogens with one attached hydrogen (secondary N) is 1. The molecule has 10 heteroatoms. The fourth-order valence-corrected chi connectivity index (χ4v) is 2.88. The van der Waals surface area contributed by atoms with E-state index in [1.54, 1.807) is 32.0 Å². The molecule has 1 aliphatic rings. The van der Waals surface area contributed by atoms with E-state index in [1.807, 2.05) is 0 Å². The van der Waals surface area contributed by atoms with E-state index in [1.165, 1.54) is 13.3 Å². The van der Waals surface area contributed by atoms with Crippen LogP contribution in [-0.4, -0.2) is 46.7 Å². The Hall–Kier alpha value is -2.88. The quantitative estimate of drug-likeness (QED) is 0.312. The monoisotopic (exact) mass is 393 g/mol. The normalized spacial score (nSPS) is 18.1. The van der Waals surface area contributed by atoms with Gasteiger partial charge in [-0.25, -0.2) is 0 Å². The molecule has 0 saturated carbocycles. The van der Waals surface area contributed by atoms with Crippen molar-refractivity contribution in [3.63, 3.8) is 0 Å². The summed E-state index contributed by atoms with van der Waals surface area (Å²) in [6.45, 7) is 3.46. The van der Waals surface area contributed by atoms with Crippen LogP contribution in [0.1, 0.15) is 25.8 Å². The Kier molecular flexibility index (Phi) is 6.94.